The predicted molar refractivity (Wildman–Crippen MR) is 119 cm³/mol. The quantitative estimate of drug-likeness (QED) is 0.616. The fourth-order valence-electron chi connectivity index (χ4n) is 4.38. The number of fused-ring (bicyclic) bond motifs is 4. The van der Waals surface area contributed by atoms with Gasteiger partial charge in [-0.25, -0.2) is 4.79 Å². The molecule has 0 aromatic heterocycles. The van der Waals surface area contributed by atoms with Crippen molar-refractivity contribution < 1.29 is 19.0 Å². The summed E-state index contributed by atoms with van der Waals surface area (Å²) in [7, 11) is 0. The van der Waals surface area contributed by atoms with Crippen LogP contribution < -0.4 is 14.8 Å². The van der Waals surface area contributed by atoms with Crippen LogP contribution in [0.1, 0.15) is 36.5 Å². The van der Waals surface area contributed by atoms with Crippen LogP contribution in [0.3, 0.4) is 0 Å². The molecule has 3 aromatic carbocycles. The topological polar surface area (TPSA) is 56.8 Å². The number of carbonyl (C=O) groups excluding carboxylic acids is 1. The lowest BCUT2D eigenvalue weighted by Crippen LogP contribution is -2.29. The van der Waals surface area contributed by atoms with Crippen molar-refractivity contribution in [1.82, 2.24) is 5.32 Å². The van der Waals surface area contributed by atoms with Crippen molar-refractivity contribution in [3.8, 4) is 22.6 Å². The zero-order chi connectivity index (χ0) is 21.4. The SMILES string of the molecule is CC1(C)Oc2ccc(CCNC(=O)OCC3c4ccccc4-c4ccccc43)cc2O1. The summed E-state index contributed by atoms with van der Waals surface area (Å²) in [5, 5.41) is 2.85. The largest absolute Gasteiger partial charge is 0.449 e. The van der Waals surface area contributed by atoms with E-state index in [0.29, 0.717) is 19.6 Å². The van der Waals surface area contributed by atoms with Gasteiger partial charge in [0.25, 0.3) is 0 Å². The van der Waals surface area contributed by atoms with Crippen molar-refractivity contribution in [3.05, 3.63) is 83.4 Å². The number of rotatable bonds is 5. The first-order chi connectivity index (χ1) is 15.0. The van der Waals surface area contributed by atoms with E-state index in [4.69, 9.17) is 14.2 Å². The van der Waals surface area contributed by atoms with Crippen molar-refractivity contribution >= 4 is 6.09 Å². The van der Waals surface area contributed by atoms with E-state index in [1.165, 1.54) is 22.3 Å². The molecular weight excluding hydrogens is 390 g/mol. The molecule has 0 unspecified atom stereocenters. The van der Waals surface area contributed by atoms with Gasteiger partial charge in [0.2, 0.25) is 5.79 Å². The molecule has 3 aromatic rings. The zero-order valence-electron chi connectivity index (χ0n) is 17.7. The molecule has 5 nitrogen and oxygen atoms in total. The summed E-state index contributed by atoms with van der Waals surface area (Å²) in [5.41, 5.74) is 5.93. The number of amides is 1. The molecule has 1 aliphatic heterocycles. The first-order valence-electron chi connectivity index (χ1n) is 10.6. The van der Waals surface area contributed by atoms with Crippen molar-refractivity contribution in [2.24, 2.45) is 0 Å². The van der Waals surface area contributed by atoms with Gasteiger partial charge in [-0.05, 0) is 46.4 Å². The first kappa shape index (κ1) is 19.5. The minimum atomic E-state index is -0.638. The molecule has 31 heavy (non-hydrogen) atoms. The van der Waals surface area contributed by atoms with E-state index in [1.807, 2.05) is 56.3 Å². The van der Waals surface area contributed by atoms with Gasteiger partial charge in [0.1, 0.15) is 6.61 Å². The Morgan fingerprint density at radius 3 is 2.29 bits per heavy atom. The molecular formula is C26H25NO4. The highest BCUT2D eigenvalue weighted by molar-refractivity contribution is 5.79. The molecule has 2 aliphatic rings. The smallest absolute Gasteiger partial charge is 0.407 e. The summed E-state index contributed by atoms with van der Waals surface area (Å²) in [4.78, 5) is 12.3. The van der Waals surface area contributed by atoms with Gasteiger partial charge < -0.3 is 19.5 Å². The molecule has 0 bridgehead atoms. The molecule has 1 N–H and O–H groups in total. The van der Waals surface area contributed by atoms with Crippen LogP contribution >= 0.6 is 0 Å². The summed E-state index contributed by atoms with van der Waals surface area (Å²) in [6.07, 6.45) is 0.282. The number of benzene rings is 3. The van der Waals surface area contributed by atoms with Gasteiger partial charge >= 0.3 is 6.09 Å². The van der Waals surface area contributed by atoms with Crippen molar-refractivity contribution in [2.45, 2.75) is 32.0 Å². The van der Waals surface area contributed by atoms with Gasteiger partial charge in [-0.3, -0.25) is 0 Å². The van der Waals surface area contributed by atoms with Crippen molar-refractivity contribution in [3.63, 3.8) is 0 Å². The molecule has 0 saturated heterocycles. The maximum atomic E-state index is 12.3. The molecule has 0 spiro atoms. The van der Waals surface area contributed by atoms with Gasteiger partial charge in [-0.1, -0.05) is 54.6 Å². The lowest BCUT2D eigenvalue weighted by atomic mass is 9.98. The van der Waals surface area contributed by atoms with Crippen molar-refractivity contribution in [2.75, 3.05) is 13.2 Å². The van der Waals surface area contributed by atoms with Crippen LogP contribution in [0.5, 0.6) is 11.5 Å². The van der Waals surface area contributed by atoms with Crippen LogP contribution in [-0.2, 0) is 11.2 Å². The molecule has 0 radical (unpaired) electrons. The molecule has 0 saturated carbocycles. The number of alkyl carbamates (subject to hydrolysis) is 1. The molecule has 1 aliphatic carbocycles. The molecule has 158 valence electrons. The van der Waals surface area contributed by atoms with Crippen LogP contribution in [0.4, 0.5) is 4.79 Å². The van der Waals surface area contributed by atoms with E-state index in [0.717, 1.165) is 17.1 Å². The Bertz CT molecular complexity index is 1090. The Morgan fingerprint density at radius 2 is 1.58 bits per heavy atom. The summed E-state index contributed by atoms with van der Waals surface area (Å²) in [5.74, 6) is 0.915. The number of hydrogen-bond donors (Lipinski definition) is 1. The molecule has 1 heterocycles. The third kappa shape index (κ3) is 3.83. The third-order valence-electron chi connectivity index (χ3n) is 5.75. The fourth-order valence-corrected chi connectivity index (χ4v) is 4.38. The van der Waals surface area contributed by atoms with Gasteiger partial charge in [0.15, 0.2) is 11.5 Å². The van der Waals surface area contributed by atoms with E-state index in [2.05, 4.69) is 29.6 Å². The van der Waals surface area contributed by atoms with Crippen molar-refractivity contribution in [1.29, 1.82) is 0 Å². The maximum Gasteiger partial charge on any atom is 0.407 e. The second-order valence-electron chi connectivity index (χ2n) is 8.39. The van der Waals surface area contributed by atoms with Crippen LogP contribution in [0.25, 0.3) is 11.1 Å². The Labute approximate surface area is 182 Å². The highest BCUT2D eigenvalue weighted by atomic mass is 16.7. The second-order valence-corrected chi connectivity index (χ2v) is 8.39. The van der Waals surface area contributed by atoms with Crippen LogP contribution in [0, 0.1) is 0 Å². The van der Waals surface area contributed by atoms with E-state index >= 15 is 0 Å². The van der Waals surface area contributed by atoms with E-state index in [1.54, 1.807) is 0 Å². The predicted octanol–water partition coefficient (Wildman–Crippen LogP) is 5.28. The Balaban J connectivity index is 1.16. The Morgan fingerprint density at radius 1 is 0.935 bits per heavy atom. The fraction of sp³-hybridized carbons (Fsp3) is 0.269. The summed E-state index contributed by atoms with van der Waals surface area (Å²) < 4.78 is 17.1. The summed E-state index contributed by atoms with van der Waals surface area (Å²) in [6, 6.07) is 22.5. The molecule has 0 fully saturated rings. The molecule has 1 amide bonds. The van der Waals surface area contributed by atoms with Crippen LogP contribution in [-0.4, -0.2) is 25.0 Å². The van der Waals surface area contributed by atoms with Crippen LogP contribution in [0.2, 0.25) is 0 Å². The monoisotopic (exact) mass is 415 g/mol. The number of carbonyl (C=O) groups is 1. The highest BCUT2D eigenvalue weighted by Crippen LogP contribution is 2.44. The molecule has 5 heteroatoms. The van der Waals surface area contributed by atoms with E-state index in [9.17, 15) is 4.79 Å². The van der Waals surface area contributed by atoms with Gasteiger partial charge in [-0.2, -0.15) is 0 Å². The molecule has 5 rings (SSSR count). The minimum absolute atomic E-state index is 0.0652. The second kappa shape index (κ2) is 7.65. The number of hydrogen-bond acceptors (Lipinski definition) is 4. The number of nitrogens with one attached hydrogen (secondary N) is 1. The average molecular weight is 415 g/mol. The maximum absolute atomic E-state index is 12.3. The minimum Gasteiger partial charge on any atom is -0.449 e. The third-order valence-corrected chi connectivity index (χ3v) is 5.75. The van der Waals surface area contributed by atoms with Crippen LogP contribution in [0.15, 0.2) is 66.7 Å². The lowest BCUT2D eigenvalue weighted by molar-refractivity contribution is -0.0431. The lowest BCUT2D eigenvalue weighted by Gasteiger charge is -2.16. The molecule has 0 atom stereocenters. The standard InChI is InChI=1S/C26H25NO4/c1-26(2)30-23-12-11-17(15-24(23)31-26)13-14-27-25(28)29-16-22-20-9-5-3-7-18(20)19-8-4-6-10-21(19)22/h3-12,15,22H,13-14,16H2,1-2H3,(H,27,28). The number of ether oxygens (including phenoxy) is 3. The van der Waals surface area contributed by atoms with Gasteiger partial charge in [-0.15, -0.1) is 0 Å². The van der Waals surface area contributed by atoms with Gasteiger partial charge in [0, 0.05) is 26.3 Å². The van der Waals surface area contributed by atoms with Gasteiger partial charge in [0.05, 0.1) is 0 Å². The Hall–Kier alpha value is -3.47. The van der Waals surface area contributed by atoms with E-state index < -0.39 is 11.9 Å². The first-order valence-corrected chi connectivity index (χ1v) is 10.6. The highest BCUT2D eigenvalue weighted by Gasteiger charge is 2.31. The van der Waals surface area contributed by atoms with E-state index in [-0.39, 0.29) is 5.92 Å². The summed E-state index contributed by atoms with van der Waals surface area (Å²) in [6.45, 7) is 4.56. The normalized spacial score (nSPS) is 15.3. The zero-order valence-corrected chi connectivity index (χ0v) is 17.7. The Kier molecular flexibility index (Phi) is 4.81. The average Bonchev–Trinajstić information content (AvgIpc) is 3.24. The summed E-state index contributed by atoms with van der Waals surface area (Å²) >= 11 is 0.